The molecular weight excluding hydrogens is 207 g/mol. The smallest absolute Gasteiger partial charge is 0.164 e. The van der Waals surface area contributed by atoms with Gasteiger partial charge < -0.3 is 5.11 Å². The highest BCUT2D eigenvalue weighted by Gasteiger charge is 2.45. The number of aliphatic hydroxyl groups is 1. The Morgan fingerprint density at radius 2 is 1.62 bits per heavy atom. The van der Waals surface area contributed by atoms with Gasteiger partial charge in [0, 0.05) is 0 Å². The summed E-state index contributed by atoms with van der Waals surface area (Å²) in [6.07, 6.45) is 7.07. The molecule has 0 aromatic rings. The summed E-state index contributed by atoms with van der Waals surface area (Å²) >= 11 is 12.0. The summed E-state index contributed by atoms with van der Waals surface area (Å²) in [4.78, 5) is 0. The lowest BCUT2D eigenvalue weighted by molar-refractivity contribution is 0.0204. The monoisotopic (exact) mass is 222 g/mol. The first-order valence-electron chi connectivity index (χ1n) is 4.76. The van der Waals surface area contributed by atoms with E-state index in [9.17, 15) is 5.11 Å². The van der Waals surface area contributed by atoms with Crippen LogP contribution < -0.4 is 0 Å². The Morgan fingerprint density at radius 1 is 1.15 bits per heavy atom. The first-order chi connectivity index (χ1) is 6.02. The van der Waals surface area contributed by atoms with Crippen molar-refractivity contribution in [1.29, 1.82) is 0 Å². The third-order valence-electron chi connectivity index (χ3n) is 2.81. The maximum Gasteiger partial charge on any atom is 0.164 e. The molecule has 0 atom stereocenters. The average Bonchev–Trinajstić information content (AvgIpc) is 2.31. The normalized spacial score (nSPS) is 23.6. The van der Waals surface area contributed by atoms with E-state index in [0.717, 1.165) is 25.7 Å². The molecule has 0 aromatic carbocycles. The molecule has 13 heavy (non-hydrogen) atoms. The number of halogens is 2. The Labute approximate surface area is 89.7 Å². The molecule has 1 rings (SSSR count). The Hall–Kier alpha value is 0.280. The first-order valence-corrected chi connectivity index (χ1v) is 5.51. The fourth-order valence-corrected chi connectivity index (χ4v) is 2.21. The lowest BCUT2D eigenvalue weighted by Gasteiger charge is -2.36. The van der Waals surface area contributed by atoms with Gasteiger partial charge in [0.05, 0.1) is 0 Å². The van der Waals surface area contributed by atoms with Gasteiger partial charge in [-0.05, 0) is 12.8 Å². The number of alkyl halides is 2. The molecular formula is C10H16Cl2O. The van der Waals surface area contributed by atoms with Crippen molar-refractivity contribution < 1.29 is 5.11 Å². The van der Waals surface area contributed by atoms with Gasteiger partial charge in [-0.2, -0.15) is 0 Å². The van der Waals surface area contributed by atoms with Crippen molar-refractivity contribution in [2.24, 2.45) is 0 Å². The van der Waals surface area contributed by atoms with Crippen LogP contribution in [0.4, 0.5) is 0 Å². The van der Waals surface area contributed by atoms with Gasteiger partial charge in [-0.1, -0.05) is 55.0 Å². The molecule has 1 fully saturated rings. The van der Waals surface area contributed by atoms with Crippen LogP contribution in [0.5, 0.6) is 0 Å². The highest BCUT2D eigenvalue weighted by molar-refractivity contribution is 6.50. The predicted octanol–water partition coefficient (Wildman–Crippen LogP) is 3.43. The summed E-state index contributed by atoms with van der Waals surface area (Å²) in [6, 6.07) is 0. The van der Waals surface area contributed by atoms with Crippen LogP contribution >= 0.6 is 23.2 Å². The molecule has 1 N–H and O–H groups in total. The molecule has 0 heterocycles. The molecule has 0 unspecified atom stereocenters. The van der Waals surface area contributed by atoms with Crippen LogP contribution in [0, 0.1) is 0 Å². The van der Waals surface area contributed by atoms with Crippen molar-refractivity contribution >= 4 is 23.2 Å². The van der Waals surface area contributed by atoms with Crippen LogP contribution in [0.25, 0.3) is 0 Å². The molecule has 0 radical (unpaired) electrons. The van der Waals surface area contributed by atoms with Crippen LogP contribution in [0.2, 0.25) is 0 Å². The maximum atomic E-state index is 10.2. The summed E-state index contributed by atoms with van der Waals surface area (Å²) in [6.45, 7) is 3.56. The Kier molecular flexibility index (Phi) is 3.67. The fraction of sp³-hybridized carbons (Fsp3) is 0.800. The molecule has 1 aliphatic carbocycles. The van der Waals surface area contributed by atoms with E-state index >= 15 is 0 Å². The molecule has 0 aliphatic heterocycles. The summed E-state index contributed by atoms with van der Waals surface area (Å²) in [5.74, 6) is 0. The second-order valence-electron chi connectivity index (χ2n) is 3.77. The van der Waals surface area contributed by atoms with Crippen LogP contribution in [0.1, 0.15) is 38.5 Å². The average molecular weight is 223 g/mol. The van der Waals surface area contributed by atoms with E-state index in [4.69, 9.17) is 23.2 Å². The van der Waals surface area contributed by atoms with Crippen molar-refractivity contribution in [2.45, 2.75) is 48.5 Å². The van der Waals surface area contributed by atoms with Gasteiger partial charge >= 0.3 is 0 Å². The second-order valence-corrected chi connectivity index (χ2v) is 5.16. The highest BCUT2D eigenvalue weighted by Crippen LogP contribution is 2.43. The largest absolute Gasteiger partial charge is 0.386 e. The molecule has 0 amide bonds. The molecule has 0 spiro atoms. The van der Waals surface area contributed by atoms with Gasteiger partial charge in [-0.25, -0.2) is 0 Å². The van der Waals surface area contributed by atoms with E-state index in [1.807, 2.05) is 0 Å². The van der Waals surface area contributed by atoms with Crippen molar-refractivity contribution in [1.82, 2.24) is 0 Å². The van der Waals surface area contributed by atoms with Crippen LogP contribution in [0.3, 0.4) is 0 Å². The third-order valence-corrected chi connectivity index (χ3v) is 3.82. The lowest BCUT2D eigenvalue weighted by atomic mass is 9.90. The molecule has 1 saturated carbocycles. The van der Waals surface area contributed by atoms with Crippen molar-refractivity contribution in [3.8, 4) is 0 Å². The standard InChI is InChI=1S/C10H16Cl2O/c1-2-10(11,12)9(13)7-5-3-4-6-8-9/h2,13H,1,3-8H2. The topological polar surface area (TPSA) is 20.2 Å². The Bertz CT molecular complexity index is 181. The van der Waals surface area contributed by atoms with E-state index < -0.39 is 9.93 Å². The Balaban J connectivity index is 2.76. The van der Waals surface area contributed by atoms with Gasteiger partial charge in [0.15, 0.2) is 4.33 Å². The first kappa shape index (κ1) is 11.4. The van der Waals surface area contributed by atoms with E-state index in [1.54, 1.807) is 0 Å². The van der Waals surface area contributed by atoms with Crippen LogP contribution in [-0.2, 0) is 0 Å². The molecule has 0 aromatic heterocycles. The van der Waals surface area contributed by atoms with Crippen LogP contribution in [0.15, 0.2) is 12.7 Å². The van der Waals surface area contributed by atoms with Crippen molar-refractivity contribution in [3.05, 3.63) is 12.7 Å². The summed E-state index contributed by atoms with van der Waals surface area (Å²) in [5.41, 5.74) is -0.978. The molecule has 0 bridgehead atoms. The van der Waals surface area contributed by atoms with E-state index in [0.29, 0.717) is 12.8 Å². The predicted molar refractivity (Wildman–Crippen MR) is 57.3 cm³/mol. The minimum atomic E-state index is -1.20. The molecule has 1 aliphatic rings. The van der Waals surface area contributed by atoms with Gasteiger partial charge in [-0.15, -0.1) is 6.58 Å². The highest BCUT2D eigenvalue weighted by atomic mass is 35.5. The molecule has 3 heteroatoms. The van der Waals surface area contributed by atoms with E-state index in [1.165, 1.54) is 6.08 Å². The van der Waals surface area contributed by atoms with Crippen molar-refractivity contribution in [2.75, 3.05) is 0 Å². The van der Waals surface area contributed by atoms with E-state index in [2.05, 4.69) is 6.58 Å². The zero-order valence-electron chi connectivity index (χ0n) is 7.73. The number of hydrogen-bond acceptors (Lipinski definition) is 1. The minimum Gasteiger partial charge on any atom is -0.386 e. The summed E-state index contributed by atoms with van der Waals surface area (Å²) in [5, 5.41) is 10.2. The van der Waals surface area contributed by atoms with Gasteiger partial charge in [0.25, 0.3) is 0 Å². The Morgan fingerprint density at radius 3 is 2.00 bits per heavy atom. The number of hydrogen-bond donors (Lipinski definition) is 1. The third kappa shape index (κ3) is 2.39. The molecule has 0 saturated heterocycles. The number of rotatable bonds is 2. The zero-order chi connectivity index (χ0) is 9.95. The lowest BCUT2D eigenvalue weighted by Crippen LogP contribution is -2.44. The molecule has 76 valence electrons. The second kappa shape index (κ2) is 4.20. The fourth-order valence-electron chi connectivity index (χ4n) is 1.84. The molecule has 1 nitrogen and oxygen atoms in total. The minimum absolute atomic E-state index is 0.673. The van der Waals surface area contributed by atoms with Gasteiger partial charge in [0.2, 0.25) is 0 Å². The zero-order valence-corrected chi connectivity index (χ0v) is 9.24. The summed E-state index contributed by atoms with van der Waals surface area (Å²) < 4.78 is -1.20. The quantitative estimate of drug-likeness (QED) is 0.432. The maximum absolute atomic E-state index is 10.2. The van der Waals surface area contributed by atoms with Gasteiger partial charge in [0.1, 0.15) is 5.60 Å². The summed E-state index contributed by atoms with van der Waals surface area (Å²) in [7, 11) is 0. The van der Waals surface area contributed by atoms with Crippen LogP contribution in [-0.4, -0.2) is 15.0 Å². The SMILES string of the molecule is C=CC(Cl)(Cl)C1(O)CCCCCC1. The van der Waals surface area contributed by atoms with E-state index in [-0.39, 0.29) is 0 Å². The van der Waals surface area contributed by atoms with Gasteiger partial charge in [-0.3, -0.25) is 0 Å². The van der Waals surface area contributed by atoms with Crippen molar-refractivity contribution in [3.63, 3.8) is 0 Å².